The second-order valence-corrected chi connectivity index (χ2v) is 9.03. The highest BCUT2D eigenvalue weighted by atomic mass is 16.5. The molecule has 0 amide bonds. The summed E-state index contributed by atoms with van der Waals surface area (Å²) < 4.78 is 5.75. The molecule has 1 aliphatic heterocycles. The third-order valence-corrected chi connectivity index (χ3v) is 4.89. The number of rotatable bonds is 1. The maximum Gasteiger partial charge on any atom is 0.323 e. The van der Waals surface area contributed by atoms with Gasteiger partial charge in [0.1, 0.15) is 11.7 Å². The van der Waals surface area contributed by atoms with Crippen LogP contribution in [0, 0.1) is 11.3 Å². The molecule has 1 heterocycles. The molecule has 2 aromatic rings. The molecule has 0 radical (unpaired) electrons. The van der Waals surface area contributed by atoms with Gasteiger partial charge in [0.15, 0.2) is 0 Å². The second-order valence-electron chi connectivity index (χ2n) is 9.03. The van der Waals surface area contributed by atoms with Gasteiger partial charge in [-0.3, -0.25) is 4.79 Å². The molecule has 0 saturated heterocycles. The van der Waals surface area contributed by atoms with Gasteiger partial charge >= 0.3 is 5.97 Å². The Hall–Kier alpha value is -2.60. The molecule has 1 atom stereocenters. The number of carbonyl (C=O) groups excluding carboxylic acids is 1. The monoisotopic (exact) mass is 347 g/mol. The Balaban J connectivity index is 2.27. The van der Waals surface area contributed by atoms with Crippen molar-refractivity contribution in [3.63, 3.8) is 0 Å². The van der Waals surface area contributed by atoms with Crippen LogP contribution in [-0.2, 0) is 15.6 Å². The number of carbonyl (C=O) groups is 1. The minimum absolute atomic E-state index is 0.0419. The molecule has 0 fully saturated rings. The van der Waals surface area contributed by atoms with Crippen LogP contribution in [0.15, 0.2) is 36.4 Å². The van der Waals surface area contributed by atoms with E-state index in [2.05, 4.69) is 59.7 Å². The second kappa shape index (κ2) is 5.99. The van der Waals surface area contributed by atoms with E-state index in [1.165, 1.54) is 5.56 Å². The van der Waals surface area contributed by atoms with E-state index in [-0.39, 0.29) is 16.8 Å². The number of hydrogen-bond donors (Lipinski definition) is 0. The highest BCUT2D eigenvalue weighted by molar-refractivity contribution is 5.90. The predicted octanol–water partition coefficient (Wildman–Crippen LogP) is 5.20. The van der Waals surface area contributed by atoms with Crippen LogP contribution in [0.3, 0.4) is 0 Å². The van der Waals surface area contributed by atoms with Crippen LogP contribution in [0.25, 0.3) is 0 Å². The molecule has 2 aromatic carbocycles. The fourth-order valence-electron chi connectivity index (χ4n) is 3.36. The van der Waals surface area contributed by atoms with Crippen LogP contribution in [-0.4, -0.2) is 5.97 Å². The SMILES string of the molecule is CC(C)(C)c1cc2c(c(C(C)(C)C)c1)OC(=O)C2c1cccc(C#N)c1. The molecule has 1 unspecified atom stereocenters. The molecular formula is C23H25NO2. The molecule has 0 spiro atoms. The molecule has 3 nitrogen and oxygen atoms in total. The zero-order valence-electron chi connectivity index (χ0n) is 16.3. The lowest BCUT2D eigenvalue weighted by molar-refractivity contribution is -0.133. The van der Waals surface area contributed by atoms with Crippen molar-refractivity contribution in [1.29, 1.82) is 5.26 Å². The van der Waals surface area contributed by atoms with E-state index in [0.29, 0.717) is 11.3 Å². The number of nitriles is 1. The van der Waals surface area contributed by atoms with E-state index in [9.17, 15) is 10.1 Å². The van der Waals surface area contributed by atoms with Gasteiger partial charge in [-0.1, -0.05) is 65.8 Å². The highest BCUT2D eigenvalue weighted by Gasteiger charge is 2.39. The lowest BCUT2D eigenvalue weighted by Gasteiger charge is -2.27. The summed E-state index contributed by atoms with van der Waals surface area (Å²) in [5.41, 5.74) is 4.30. The molecule has 0 bridgehead atoms. The summed E-state index contributed by atoms with van der Waals surface area (Å²) in [6.07, 6.45) is 0. The summed E-state index contributed by atoms with van der Waals surface area (Å²) >= 11 is 0. The van der Waals surface area contributed by atoms with Gasteiger partial charge in [-0.15, -0.1) is 0 Å². The van der Waals surface area contributed by atoms with Crippen LogP contribution >= 0.6 is 0 Å². The largest absolute Gasteiger partial charge is 0.425 e. The molecule has 0 aliphatic carbocycles. The fourth-order valence-corrected chi connectivity index (χ4v) is 3.36. The first kappa shape index (κ1) is 18.2. The standard InChI is InChI=1S/C23H25NO2/c1-22(2,3)16-11-17-19(15-9-7-8-14(10-15)13-24)21(25)26-20(17)18(12-16)23(4,5)6/h7-12,19H,1-6H3. The van der Waals surface area contributed by atoms with Crippen LogP contribution in [0.1, 0.15) is 75.3 Å². The van der Waals surface area contributed by atoms with Crippen LogP contribution < -0.4 is 4.74 Å². The van der Waals surface area contributed by atoms with Crippen LogP contribution in [0.2, 0.25) is 0 Å². The number of benzene rings is 2. The van der Waals surface area contributed by atoms with Crippen LogP contribution in [0.5, 0.6) is 5.75 Å². The fraction of sp³-hybridized carbons (Fsp3) is 0.391. The lowest BCUT2D eigenvalue weighted by Crippen LogP contribution is -2.17. The minimum Gasteiger partial charge on any atom is -0.425 e. The van der Waals surface area contributed by atoms with Gasteiger partial charge in [0, 0.05) is 11.1 Å². The van der Waals surface area contributed by atoms with Gasteiger partial charge in [-0.05, 0) is 34.1 Å². The van der Waals surface area contributed by atoms with E-state index in [1.807, 2.05) is 12.1 Å². The number of ether oxygens (including phenoxy) is 1. The van der Waals surface area contributed by atoms with Gasteiger partial charge in [-0.2, -0.15) is 5.26 Å². The average Bonchev–Trinajstić information content (AvgIpc) is 2.87. The van der Waals surface area contributed by atoms with Gasteiger partial charge in [0.05, 0.1) is 11.6 Å². The molecule has 0 aromatic heterocycles. The molecule has 1 aliphatic rings. The van der Waals surface area contributed by atoms with Crippen molar-refractivity contribution in [2.45, 2.75) is 58.3 Å². The number of hydrogen-bond acceptors (Lipinski definition) is 3. The van der Waals surface area contributed by atoms with E-state index in [4.69, 9.17) is 4.74 Å². The highest BCUT2D eigenvalue weighted by Crippen LogP contribution is 2.47. The predicted molar refractivity (Wildman–Crippen MR) is 102 cm³/mol. The Bertz CT molecular complexity index is 921. The maximum absolute atomic E-state index is 12.8. The van der Waals surface area contributed by atoms with Crippen molar-refractivity contribution in [1.82, 2.24) is 0 Å². The van der Waals surface area contributed by atoms with Gasteiger partial charge in [0.2, 0.25) is 0 Å². The minimum atomic E-state index is -0.485. The van der Waals surface area contributed by atoms with Crippen molar-refractivity contribution in [3.05, 3.63) is 64.2 Å². The van der Waals surface area contributed by atoms with E-state index in [0.717, 1.165) is 16.7 Å². The van der Waals surface area contributed by atoms with Crippen molar-refractivity contribution in [3.8, 4) is 11.8 Å². The summed E-state index contributed by atoms with van der Waals surface area (Å²) in [4.78, 5) is 12.8. The molecule has 0 N–H and O–H groups in total. The lowest BCUT2D eigenvalue weighted by atomic mass is 9.77. The maximum atomic E-state index is 12.8. The normalized spacial score (nSPS) is 16.8. The Labute approximate surface area is 155 Å². The van der Waals surface area contributed by atoms with Crippen molar-refractivity contribution in [2.75, 3.05) is 0 Å². The Kier molecular flexibility index (Phi) is 4.19. The zero-order chi connectivity index (χ0) is 19.3. The van der Waals surface area contributed by atoms with E-state index < -0.39 is 5.92 Å². The Morgan fingerprint density at radius 3 is 2.27 bits per heavy atom. The third-order valence-electron chi connectivity index (χ3n) is 4.89. The summed E-state index contributed by atoms with van der Waals surface area (Å²) in [5.74, 6) is -0.0730. The molecule has 3 rings (SSSR count). The summed E-state index contributed by atoms with van der Waals surface area (Å²) in [6, 6.07) is 13.6. The first-order valence-electron chi connectivity index (χ1n) is 8.93. The first-order valence-corrected chi connectivity index (χ1v) is 8.93. The quantitative estimate of drug-likeness (QED) is 0.526. The third kappa shape index (κ3) is 3.12. The van der Waals surface area contributed by atoms with E-state index >= 15 is 0 Å². The van der Waals surface area contributed by atoms with Gasteiger partial charge in [-0.25, -0.2) is 0 Å². The average molecular weight is 347 g/mol. The first-order chi connectivity index (χ1) is 12.0. The van der Waals surface area contributed by atoms with Crippen molar-refractivity contribution in [2.24, 2.45) is 0 Å². The smallest absolute Gasteiger partial charge is 0.323 e. The number of fused-ring (bicyclic) bond motifs is 1. The Morgan fingerprint density at radius 2 is 1.69 bits per heavy atom. The molecule has 0 saturated carbocycles. The van der Waals surface area contributed by atoms with Crippen LogP contribution in [0.4, 0.5) is 0 Å². The topological polar surface area (TPSA) is 50.1 Å². The number of esters is 1. The number of nitrogens with zero attached hydrogens (tertiary/aromatic N) is 1. The van der Waals surface area contributed by atoms with Gasteiger partial charge < -0.3 is 4.74 Å². The molecular weight excluding hydrogens is 322 g/mol. The molecule has 3 heteroatoms. The Morgan fingerprint density at radius 1 is 1.00 bits per heavy atom. The molecule has 26 heavy (non-hydrogen) atoms. The van der Waals surface area contributed by atoms with E-state index in [1.54, 1.807) is 12.1 Å². The van der Waals surface area contributed by atoms with Crippen molar-refractivity contribution < 1.29 is 9.53 Å². The van der Waals surface area contributed by atoms with Crippen molar-refractivity contribution >= 4 is 5.97 Å². The summed E-state index contributed by atoms with van der Waals surface area (Å²) in [5, 5.41) is 9.20. The molecule has 134 valence electrons. The zero-order valence-corrected chi connectivity index (χ0v) is 16.3. The van der Waals surface area contributed by atoms with Gasteiger partial charge in [0.25, 0.3) is 0 Å². The summed E-state index contributed by atoms with van der Waals surface area (Å²) in [7, 11) is 0. The summed E-state index contributed by atoms with van der Waals surface area (Å²) in [6.45, 7) is 12.9.